The summed E-state index contributed by atoms with van der Waals surface area (Å²) < 4.78 is 27.5. The summed E-state index contributed by atoms with van der Waals surface area (Å²) in [5, 5.41) is 11.2. The fraction of sp³-hybridized carbons (Fsp3) is 0.286. The molecule has 1 heterocycles. The predicted molar refractivity (Wildman–Crippen MR) is 87.8 cm³/mol. The lowest BCUT2D eigenvalue weighted by atomic mass is 10.2. The molecule has 4 nitrogen and oxygen atoms in total. The van der Waals surface area contributed by atoms with Crippen LogP contribution in [-0.4, -0.2) is 24.9 Å². The molecular formula is C14H16BrNO3S2. The van der Waals surface area contributed by atoms with Gasteiger partial charge >= 0.3 is 0 Å². The fourth-order valence-electron chi connectivity index (χ4n) is 1.94. The molecule has 0 amide bonds. The normalized spacial score (nSPS) is 12.0. The van der Waals surface area contributed by atoms with Crippen molar-refractivity contribution < 1.29 is 13.5 Å². The molecule has 0 radical (unpaired) electrons. The first-order valence-electron chi connectivity index (χ1n) is 6.25. The van der Waals surface area contributed by atoms with Gasteiger partial charge in [0.05, 0.1) is 11.5 Å². The highest BCUT2D eigenvalue weighted by Crippen LogP contribution is 2.28. The number of rotatable bonds is 5. The maximum absolute atomic E-state index is 12.7. The highest BCUT2D eigenvalue weighted by Gasteiger charge is 2.24. The van der Waals surface area contributed by atoms with Gasteiger partial charge in [0, 0.05) is 22.9 Å². The van der Waals surface area contributed by atoms with Crippen molar-refractivity contribution in [3.63, 3.8) is 0 Å². The van der Waals surface area contributed by atoms with Crippen molar-refractivity contribution in [2.45, 2.75) is 25.0 Å². The summed E-state index contributed by atoms with van der Waals surface area (Å²) in [5.74, 6) is 0. The zero-order chi connectivity index (χ0) is 15.6. The Morgan fingerprint density at radius 1 is 1.38 bits per heavy atom. The number of aliphatic hydroxyl groups excluding tert-OH is 1. The van der Waals surface area contributed by atoms with Crippen LogP contribution in [0, 0.1) is 6.92 Å². The van der Waals surface area contributed by atoms with E-state index in [0.29, 0.717) is 22.1 Å². The van der Waals surface area contributed by atoms with E-state index in [0.717, 1.165) is 4.88 Å². The van der Waals surface area contributed by atoms with E-state index < -0.39 is 10.0 Å². The Labute approximate surface area is 137 Å². The quantitative estimate of drug-likeness (QED) is 0.854. The van der Waals surface area contributed by atoms with Gasteiger partial charge in [-0.3, -0.25) is 0 Å². The Morgan fingerprint density at radius 3 is 2.67 bits per heavy atom. The van der Waals surface area contributed by atoms with Gasteiger partial charge in [-0.1, -0.05) is 22.0 Å². The van der Waals surface area contributed by atoms with Crippen molar-refractivity contribution in [2.75, 3.05) is 7.05 Å². The number of benzene rings is 1. The number of halogens is 1. The lowest BCUT2D eigenvalue weighted by Gasteiger charge is -2.19. The predicted octanol–water partition coefficient (Wildman–Crippen LogP) is 3.13. The van der Waals surface area contributed by atoms with Gasteiger partial charge in [0.1, 0.15) is 0 Å². The molecule has 0 spiro atoms. The van der Waals surface area contributed by atoms with Crippen LogP contribution in [0.15, 0.2) is 39.0 Å². The molecule has 21 heavy (non-hydrogen) atoms. The molecule has 7 heteroatoms. The highest BCUT2D eigenvalue weighted by molar-refractivity contribution is 9.10. The van der Waals surface area contributed by atoms with Crippen LogP contribution in [0.4, 0.5) is 0 Å². The van der Waals surface area contributed by atoms with Crippen LogP contribution < -0.4 is 0 Å². The molecular weight excluding hydrogens is 374 g/mol. The van der Waals surface area contributed by atoms with Crippen molar-refractivity contribution in [1.29, 1.82) is 0 Å². The van der Waals surface area contributed by atoms with Gasteiger partial charge in [0.15, 0.2) is 0 Å². The highest BCUT2D eigenvalue weighted by atomic mass is 79.9. The minimum Gasteiger partial charge on any atom is -0.392 e. The van der Waals surface area contributed by atoms with Crippen LogP contribution >= 0.6 is 27.3 Å². The zero-order valence-corrected chi connectivity index (χ0v) is 14.9. The fourth-order valence-corrected chi connectivity index (χ4v) is 4.86. The van der Waals surface area contributed by atoms with E-state index >= 15 is 0 Å². The second kappa shape index (κ2) is 6.58. The summed E-state index contributed by atoms with van der Waals surface area (Å²) in [6.45, 7) is 1.88. The van der Waals surface area contributed by atoms with Crippen LogP contribution in [0.1, 0.15) is 16.0 Å². The average Bonchev–Trinajstić information content (AvgIpc) is 2.94. The average molecular weight is 390 g/mol. The van der Waals surface area contributed by atoms with Crippen molar-refractivity contribution >= 4 is 37.3 Å². The molecule has 0 aliphatic rings. The van der Waals surface area contributed by atoms with E-state index in [9.17, 15) is 13.5 Å². The molecule has 2 rings (SSSR count). The number of aliphatic hydroxyl groups is 1. The van der Waals surface area contributed by atoms with E-state index in [-0.39, 0.29) is 11.5 Å². The molecule has 1 aromatic heterocycles. The smallest absolute Gasteiger partial charge is 0.243 e. The van der Waals surface area contributed by atoms with Crippen molar-refractivity contribution in [2.24, 2.45) is 0 Å². The monoisotopic (exact) mass is 389 g/mol. The molecule has 0 saturated carbocycles. The Morgan fingerprint density at radius 2 is 2.10 bits per heavy atom. The second-order valence-electron chi connectivity index (χ2n) is 4.70. The Kier molecular flexibility index (Phi) is 5.21. The molecule has 1 aromatic carbocycles. The summed E-state index contributed by atoms with van der Waals surface area (Å²) in [5.41, 5.74) is 1.21. The minimum absolute atomic E-state index is 0.198. The topological polar surface area (TPSA) is 57.6 Å². The maximum Gasteiger partial charge on any atom is 0.243 e. The SMILES string of the molecule is Cc1c(Br)cc(CO)cc1S(=O)(=O)N(C)Cc1cccs1. The van der Waals surface area contributed by atoms with Gasteiger partial charge in [-0.05, 0) is 41.6 Å². The molecule has 0 aliphatic carbocycles. The van der Waals surface area contributed by atoms with Crippen LogP contribution in [0.3, 0.4) is 0 Å². The third-order valence-electron chi connectivity index (χ3n) is 3.19. The molecule has 0 saturated heterocycles. The Bertz CT molecular complexity index is 727. The summed E-state index contributed by atoms with van der Waals surface area (Å²) >= 11 is 4.87. The van der Waals surface area contributed by atoms with Gasteiger partial charge in [0.2, 0.25) is 10.0 Å². The number of nitrogens with zero attached hydrogens (tertiary/aromatic N) is 1. The summed E-state index contributed by atoms with van der Waals surface area (Å²) in [6, 6.07) is 7.06. The van der Waals surface area contributed by atoms with Crippen LogP contribution in [0.25, 0.3) is 0 Å². The Balaban J connectivity index is 2.41. The van der Waals surface area contributed by atoms with Gasteiger partial charge in [0.25, 0.3) is 0 Å². The van der Waals surface area contributed by atoms with E-state index in [1.807, 2.05) is 17.5 Å². The third kappa shape index (κ3) is 3.54. The molecule has 2 aromatic rings. The van der Waals surface area contributed by atoms with Crippen LogP contribution in [-0.2, 0) is 23.2 Å². The van der Waals surface area contributed by atoms with E-state index in [1.165, 1.54) is 21.7 Å². The molecule has 0 atom stereocenters. The van der Waals surface area contributed by atoms with E-state index in [2.05, 4.69) is 15.9 Å². The molecule has 0 bridgehead atoms. The lowest BCUT2D eigenvalue weighted by molar-refractivity contribution is 0.281. The minimum atomic E-state index is -3.60. The number of hydrogen-bond acceptors (Lipinski definition) is 4. The molecule has 1 N–H and O–H groups in total. The van der Waals surface area contributed by atoms with Gasteiger partial charge in [-0.25, -0.2) is 8.42 Å². The standard InChI is InChI=1S/C14H16BrNO3S2/c1-10-13(15)6-11(9-17)7-14(10)21(18,19)16(2)8-12-4-3-5-20-12/h3-7,17H,8-9H2,1-2H3. The van der Waals surface area contributed by atoms with Crippen molar-refractivity contribution in [3.8, 4) is 0 Å². The molecule has 114 valence electrons. The Hall–Kier alpha value is -0.730. The third-order valence-corrected chi connectivity index (χ3v) is 6.80. The van der Waals surface area contributed by atoms with Crippen molar-refractivity contribution in [3.05, 3.63) is 50.1 Å². The largest absolute Gasteiger partial charge is 0.392 e. The summed E-state index contributed by atoms with van der Waals surface area (Å²) in [6.07, 6.45) is 0. The maximum atomic E-state index is 12.7. The molecule has 0 aliphatic heterocycles. The summed E-state index contributed by atoms with van der Waals surface area (Å²) in [4.78, 5) is 1.20. The summed E-state index contributed by atoms with van der Waals surface area (Å²) in [7, 11) is -2.04. The number of sulfonamides is 1. The second-order valence-corrected chi connectivity index (χ2v) is 8.60. The lowest BCUT2D eigenvalue weighted by Crippen LogP contribution is -2.27. The van der Waals surface area contributed by atoms with Gasteiger partial charge in [-0.2, -0.15) is 4.31 Å². The van der Waals surface area contributed by atoms with Gasteiger partial charge in [-0.15, -0.1) is 11.3 Å². The number of thiophene rings is 1. The first kappa shape index (κ1) is 16.6. The van der Waals surface area contributed by atoms with Crippen molar-refractivity contribution in [1.82, 2.24) is 4.31 Å². The first-order valence-corrected chi connectivity index (χ1v) is 9.36. The van der Waals surface area contributed by atoms with E-state index in [1.54, 1.807) is 20.0 Å². The molecule has 0 unspecified atom stereocenters. The number of hydrogen-bond donors (Lipinski definition) is 1. The molecule has 0 fully saturated rings. The van der Waals surface area contributed by atoms with E-state index in [4.69, 9.17) is 0 Å². The zero-order valence-electron chi connectivity index (χ0n) is 11.7. The van der Waals surface area contributed by atoms with Crippen LogP contribution in [0.5, 0.6) is 0 Å². The van der Waals surface area contributed by atoms with Gasteiger partial charge < -0.3 is 5.11 Å². The first-order chi connectivity index (χ1) is 9.86. The van der Waals surface area contributed by atoms with Crippen LogP contribution in [0.2, 0.25) is 0 Å².